The first-order valence-corrected chi connectivity index (χ1v) is 7.32. The molecule has 3 heterocycles. The first-order valence-electron chi connectivity index (χ1n) is 7.32. The number of carbonyl (C=O) groups is 1. The molecule has 0 fully saturated rings. The van der Waals surface area contributed by atoms with Gasteiger partial charge in [-0.3, -0.25) is 9.59 Å². The number of H-pyrrole nitrogens is 1. The van der Waals surface area contributed by atoms with Crippen molar-refractivity contribution in [2.24, 2.45) is 0 Å². The van der Waals surface area contributed by atoms with Crippen molar-refractivity contribution < 1.29 is 9.53 Å². The molecule has 24 heavy (non-hydrogen) atoms. The maximum Gasteiger partial charge on any atom is 0.255 e. The van der Waals surface area contributed by atoms with Gasteiger partial charge in [-0.25, -0.2) is 4.52 Å². The minimum atomic E-state index is -0.222. The van der Waals surface area contributed by atoms with Crippen LogP contribution in [0.4, 0.5) is 0 Å². The van der Waals surface area contributed by atoms with Crippen LogP contribution in [0.5, 0.6) is 5.75 Å². The molecule has 1 amide bonds. The molecule has 3 rings (SSSR count). The van der Waals surface area contributed by atoms with Crippen molar-refractivity contribution >= 4 is 11.4 Å². The lowest BCUT2D eigenvalue weighted by molar-refractivity contribution is 0.0784. The Balaban J connectivity index is 1.85. The predicted octanol–water partition coefficient (Wildman–Crippen LogP) is 1.01. The topological polar surface area (TPSA) is 92.6 Å². The van der Waals surface area contributed by atoms with E-state index in [-0.39, 0.29) is 23.6 Å². The molecule has 0 saturated carbocycles. The van der Waals surface area contributed by atoms with Gasteiger partial charge in [0.25, 0.3) is 5.91 Å². The van der Waals surface area contributed by atoms with E-state index >= 15 is 0 Å². The number of rotatable bonds is 4. The molecule has 3 aromatic heterocycles. The van der Waals surface area contributed by atoms with Crippen LogP contribution < -0.4 is 10.2 Å². The van der Waals surface area contributed by atoms with Gasteiger partial charge in [0.05, 0.1) is 36.6 Å². The van der Waals surface area contributed by atoms with Crippen LogP contribution in [-0.4, -0.2) is 44.8 Å². The molecule has 0 aliphatic heterocycles. The van der Waals surface area contributed by atoms with Gasteiger partial charge >= 0.3 is 0 Å². The number of fused-ring (bicyclic) bond motifs is 1. The Morgan fingerprint density at radius 3 is 2.96 bits per heavy atom. The molecule has 0 aliphatic carbocycles. The van der Waals surface area contributed by atoms with Crippen molar-refractivity contribution in [1.29, 1.82) is 0 Å². The zero-order valence-corrected chi connectivity index (χ0v) is 13.6. The molecule has 0 bridgehead atoms. The van der Waals surface area contributed by atoms with Crippen LogP contribution in [-0.2, 0) is 6.54 Å². The van der Waals surface area contributed by atoms with E-state index in [0.29, 0.717) is 16.8 Å². The molecule has 8 nitrogen and oxygen atoms in total. The van der Waals surface area contributed by atoms with E-state index in [9.17, 15) is 9.59 Å². The third-order valence-electron chi connectivity index (χ3n) is 3.80. The fourth-order valence-electron chi connectivity index (χ4n) is 2.50. The molecule has 1 N–H and O–H groups in total. The summed E-state index contributed by atoms with van der Waals surface area (Å²) >= 11 is 0. The summed E-state index contributed by atoms with van der Waals surface area (Å²) in [4.78, 5) is 29.4. The van der Waals surface area contributed by atoms with Gasteiger partial charge in [-0.2, -0.15) is 0 Å². The third kappa shape index (κ3) is 2.73. The monoisotopic (exact) mass is 327 g/mol. The van der Waals surface area contributed by atoms with Gasteiger partial charge in [0.15, 0.2) is 5.75 Å². The summed E-state index contributed by atoms with van der Waals surface area (Å²) < 4.78 is 6.65. The summed E-state index contributed by atoms with van der Waals surface area (Å²) in [6, 6.07) is 3.47. The van der Waals surface area contributed by atoms with E-state index in [1.165, 1.54) is 16.5 Å². The number of aryl methyl sites for hydroxylation is 1. The fourth-order valence-corrected chi connectivity index (χ4v) is 2.50. The van der Waals surface area contributed by atoms with Crippen LogP contribution >= 0.6 is 0 Å². The minimum absolute atomic E-state index is 0.167. The Bertz CT molecular complexity index is 960. The number of nitrogens with zero attached hydrogens (tertiary/aromatic N) is 4. The summed E-state index contributed by atoms with van der Waals surface area (Å²) in [5.74, 6) is 0.0451. The molecule has 0 saturated heterocycles. The van der Waals surface area contributed by atoms with Crippen molar-refractivity contribution in [2.75, 3.05) is 14.2 Å². The van der Waals surface area contributed by atoms with Crippen LogP contribution in [0.1, 0.15) is 21.6 Å². The fraction of sp³-hybridized carbons (Fsp3) is 0.250. The molecule has 0 aliphatic rings. The largest absolute Gasteiger partial charge is 0.491 e. The van der Waals surface area contributed by atoms with Gasteiger partial charge in [0.2, 0.25) is 5.43 Å². The van der Waals surface area contributed by atoms with Crippen molar-refractivity contribution in [3.05, 3.63) is 57.8 Å². The van der Waals surface area contributed by atoms with Crippen LogP contribution in [0, 0.1) is 6.92 Å². The molecule has 0 radical (unpaired) electrons. The normalized spacial score (nSPS) is 10.8. The second kappa shape index (κ2) is 6.15. The number of nitrogens with one attached hydrogen (secondary N) is 1. The molecule has 0 atom stereocenters. The molecule has 0 spiro atoms. The SMILES string of the molecule is COc1c(C)[nH]cc(CN(C)C(=O)c2ccc3cnnn3c2)c1=O. The molecular formula is C16H17N5O3. The van der Waals surface area contributed by atoms with Crippen LogP contribution in [0.3, 0.4) is 0 Å². The van der Waals surface area contributed by atoms with Gasteiger partial charge in [0, 0.05) is 25.0 Å². The number of aromatic amines is 1. The summed E-state index contributed by atoms with van der Waals surface area (Å²) in [5, 5.41) is 7.66. The lowest BCUT2D eigenvalue weighted by Gasteiger charge is -2.17. The van der Waals surface area contributed by atoms with Crippen LogP contribution in [0.25, 0.3) is 5.52 Å². The average Bonchev–Trinajstić information content (AvgIpc) is 3.04. The van der Waals surface area contributed by atoms with E-state index in [0.717, 1.165) is 5.52 Å². The van der Waals surface area contributed by atoms with Crippen LogP contribution in [0.15, 0.2) is 35.5 Å². The number of hydrogen-bond acceptors (Lipinski definition) is 5. The molecule has 124 valence electrons. The van der Waals surface area contributed by atoms with Gasteiger partial charge in [0.1, 0.15) is 0 Å². The van der Waals surface area contributed by atoms with Crippen molar-refractivity contribution in [3.8, 4) is 5.75 Å². The summed E-state index contributed by atoms with van der Waals surface area (Å²) in [5.41, 5.74) is 2.15. The zero-order valence-electron chi connectivity index (χ0n) is 13.6. The molecule has 8 heteroatoms. The lowest BCUT2D eigenvalue weighted by Crippen LogP contribution is -2.29. The summed E-state index contributed by atoms with van der Waals surface area (Å²) in [6.07, 6.45) is 4.82. The highest BCUT2D eigenvalue weighted by Crippen LogP contribution is 2.12. The first kappa shape index (κ1) is 15.7. The Labute approximate surface area is 137 Å². The molecular weight excluding hydrogens is 310 g/mol. The van der Waals surface area contributed by atoms with Gasteiger partial charge in [-0.1, -0.05) is 5.21 Å². The first-order chi connectivity index (χ1) is 11.5. The number of carbonyl (C=O) groups excluding carboxylic acids is 1. The van der Waals surface area contributed by atoms with Crippen molar-refractivity contribution in [3.63, 3.8) is 0 Å². The molecule has 0 aromatic carbocycles. The standard InChI is InChI=1S/C16H17N5O3/c1-10-15(24-3)14(22)12(6-17-10)8-20(2)16(23)11-4-5-13-7-18-19-21(13)9-11/h4-7,9H,8H2,1-3H3,(H,17,22). The summed E-state index contributed by atoms with van der Waals surface area (Å²) in [6.45, 7) is 1.92. The van der Waals surface area contributed by atoms with Crippen molar-refractivity contribution in [2.45, 2.75) is 13.5 Å². The zero-order chi connectivity index (χ0) is 17.3. The molecule has 0 unspecified atom stereocenters. The summed E-state index contributed by atoms with van der Waals surface area (Å²) in [7, 11) is 3.09. The maximum atomic E-state index is 12.6. The highest BCUT2D eigenvalue weighted by Gasteiger charge is 2.16. The number of methoxy groups -OCH3 is 1. The van der Waals surface area contributed by atoms with E-state index in [4.69, 9.17) is 4.74 Å². The number of pyridine rings is 2. The Morgan fingerprint density at radius 2 is 2.21 bits per heavy atom. The highest BCUT2D eigenvalue weighted by molar-refractivity contribution is 5.94. The second-order valence-corrected chi connectivity index (χ2v) is 5.48. The number of ether oxygens (including phenoxy) is 1. The predicted molar refractivity (Wildman–Crippen MR) is 87.1 cm³/mol. The van der Waals surface area contributed by atoms with E-state index < -0.39 is 0 Å². The number of hydrogen-bond donors (Lipinski definition) is 1. The molecule has 3 aromatic rings. The number of aromatic nitrogens is 4. The second-order valence-electron chi connectivity index (χ2n) is 5.48. The van der Waals surface area contributed by atoms with Gasteiger partial charge in [-0.05, 0) is 19.1 Å². The Morgan fingerprint density at radius 1 is 1.42 bits per heavy atom. The van der Waals surface area contributed by atoms with E-state index in [2.05, 4.69) is 15.3 Å². The average molecular weight is 327 g/mol. The Hall–Kier alpha value is -3.16. The van der Waals surface area contributed by atoms with E-state index in [1.807, 2.05) is 0 Å². The minimum Gasteiger partial charge on any atom is -0.491 e. The van der Waals surface area contributed by atoms with Crippen molar-refractivity contribution in [1.82, 2.24) is 24.7 Å². The maximum absolute atomic E-state index is 12.6. The highest BCUT2D eigenvalue weighted by atomic mass is 16.5. The van der Waals surface area contributed by atoms with Gasteiger partial charge < -0.3 is 14.6 Å². The van der Waals surface area contributed by atoms with Crippen LogP contribution in [0.2, 0.25) is 0 Å². The van der Waals surface area contributed by atoms with Gasteiger partial charge in [-0.15, -0.1) is 5.10 Å². The quantitative estimate of drug-likeness (QED) is 0.772. The number of amides is 1. The smallest absolute Gasteiger partial charge is 0.255 e. The third-order valence-corrected chi connectivity index (χ3v) is 3.80. The lowest BCUT2D eigenvalue weighted by atomic mass is 10.2. The Kier molecular flexibility index (Phi) is 4.03. The van der Waals surface area contributed by atoms with E-state index in [1.54, 1.807) is 44.7 Å².